The third kappa shape index (κ3) is 3.38. The smallest absolute Gasteiger partial charge is 0.223 e. The summed E-state index contributed by atoms with van der Waals surface area (Å²) in [5, 5.41) is 10.1. The van der Waals surface area contributed by atoms with Gasteiger partial charge in [0.1, 0.15) is 0 Å². The van der Waals surface area contributed by atoms with Crippen molar-refractivity contribution in [3.63, 3.8) is 0 Å². The van der Waals surface area contributed by atoms with E-state index in [1.165, 1.54) is 6.07 Å². The molecule has 0 aliphatic rings. The molecule has 1 rings (SSSR count). The summed E-state index contributed by atoms with van der Waals surface area (Å²) >= 11 is 0. The molecule has 0 amide bonds. The summed E-state index contributed by atoms with van der Waals surface area (Å²) in [6.07, 6.45) is 0. The number of hydrogen-bond acceptors (Lipinski definition) is 3. The number of aryl methyl sites for hydroxylation is 1. The second kappa shape index (κ2) is 5.78. The maximum atomic E-state index is 11.8. The van der Waals surface area contributed by atoms with Crippen LogP contribution in [0.2, 0.25) is 0 Å². The van der Waals surface area contributed by atoms with Gasteiger partial charge in [-0.25, -0.2) is 0 Å². The Labute approximate surface area is 115 Å². The minimum absolute atomic E-state index is 0.118. The zero-order chi connectivity index (χ0) is 14.8. The maximum absolute atomic E-state index is 11.8. The van der Waals surface area contributed by atoms with Gasteiger partial charge in [-0.3, -0.25) is 9.69 Å². The van der Waals surface area contributed by atoms with Gasteiger partial charge in [-0.2, -0.15) is 0 Å². The van der Waals surface area contributed by atoms with Crippen molar-refractivity contribution in [1.82, 2.24) is 9.47 Å². The molecule has 0 bridgehead atoms. The predicted octanol–water partition coefficient (Wildman–Crippen LogP) is 2.46. The van der Waals surface area contributed by atoms with Crippen LogP contribution >= 0.6 is 0 Å². The van der Waals surface area contributed by atoms with E-state index < -0.39 is 0 Å². The van der Waals surface area contributed by atoms with Crippen LogP contribution in [0, 0.1) is 6.92 Å². The molecule has 0 aliphatic heterocycles. The Hall–Kier alpha value is -1.29. The van der Waals surface area contributed by atoms with E-state index in [-0.39, 0.29) is 16.7 Å². The summed E-state index contributed by atoms with van der Waals surface area (Å²) in [5.41, 5.74) is 1.14. The van der Waals surface area contributed by atoms with E-state index in [0.717, 1.165) is 18.8 Å². The van der Waals surface area contributed by atoms with Crippen LogP contribution < -0.4 is 5.43 Å². The molecule has 0 fully saturated rings. The van der Waals surface area contributed by atoms with Gasteiger partial charge in [0, 0.05) is 23.8 Å². The van der Waals surface area contributed by atoms with Crippen LogP contribution in [0.25, 0.3) is 0 Å². The first-order valence-electron chi connectivity index (χ1n) is 6.89. The van der Waals surface area contributed by atoms with Crippen molar-refractivity contribution in [1.29, 1.82) is 0 Å². The van der Waals surface area contributed by atoms with E-state index in [1.807, 2.05) is 6.92 Å². The summed E-state index contributed by atoms with van der Waals surface area (Å²) in [4.78, 5) is 14.0. The van der Waals surface area contributed by atoms with E-state index in [1.54, 1.807) is 0 Å². The van der Waals surface area contributed by atoms with Crippen molar-refractivity contribution >= 4 is 0 Å². The number of aromatic hydroxyl groups is 1. The summed E-state index contributed by atoms with van der Waals surface area (Å²) in [6, 6.07) is 1.51. The van der Waals surface area contributed by atoms with Crippen LogP contribution in [-0.4, -0.2) is 27.7 Å². The molecule has 0 unspecified atom stereocenters. The van der Waals surface area contributed by atoms with Gasteiger partial charge in [0.25, 0.3) is 0 Å². The van der Waals surface area contributed by atoms with Gasteiger partial charge in [0.15, 0.2) is 5.75 Å². The van der Waals surface area contributed by atoms with Crippen molar-refractivity contribution < 1.29 is 5.11 Å². The number of rotatable bonds is 4. The zero-order valence-corrected chi connectivity index (χ0v) is 12.9. The molecular weight excluding hydrogens is 240 g/mol. The van der Waals surface area contributed by atoms with Gasteiger partial charge in [-0.05, 0) is 40.8 Å². The highest BCUT2D eigenvalue weighted by Crippen LogP contribution is 2.24. The van der Waals surface area contributed by atoms with E-state index in [9.17, 15) is 9.90 Å². The molecule has 1 aromatic rings. The molecule has 0 spiro atoms. The average molecular weight is 266 g/mol. The van der Waals surface area contributed by atoms with E-state index in [4.69, 9.17) is 0 Å². The van der Waals surface area contributed by atoms with Crippen LogP contribution in [0.3, 0.4) is 0 Å². The first-order chi connectivity index (χ1) is 8.72. The monoisotopic (exact) mass is 266 g/mol. The summed E-state index contributed by atoms with van der Waals surface area (Å²) in [6.45, 7) is 14.7. The van der Waals surface area contributed by atoms with Crippen LogP contribution in [0.15, 0.2) is 10.9 Å². The van der Waals surface area contributed by atoms with Crippen molar-refractivity contribution in [3.8, 4) is 5.75 Å². The standard InChI is InChI=1S/C15H26N2O2/c1-7-16(8-2)10-12-14(19)13(18)9-11(3)17(12)15(4,5)6/h9,19H,7-8,10H2,1-6H3. The van der Waals surface area contributed by atoms with Crippen LogP contribution in [0.1, 0.15) is 46.0 Å². The molecule has 0 aromatic carbocycles. The van der Waals surface area contributed by atoms with Crippen molar-refractivity contribution in [2.75, 3.05) is 13.1 Å². The largest absolute Gasteiger partial charge is 0.503 e. The Kier molecular flexibility index (Phi) is 4.80. The number of pyridine rings is 1. The summed E-state index contributed by atoms with van der Waals surface area (Å²) < 4.78 is 2.06. The Morgan fingerprint density at radius 1 is 1.26 bits per heavy atom. The SMILES string of the molecule is CCN(CC)Cc1c(O)c(=O)cc(C)n1C(C)(C)C. The molecule has 0 atom stereocenters. The molecule has 0 radical (unpaired) electrons. The van der Waals surface area contributed by atoms with Gasteiger partial charge < -0.3 is 9.67 Å². The highest BCUT2D eigenvalue weighted by molar-refractivity contribution is 5.31. The van der Waals surface area contributed by atoms with Crippen LogP contribution in [0.4, 0.5) is 0 Å². The minimum atomic E-state index is -0.292. The average Bonchev–Trinajstić information content (AvgIpc) is 2.29. The molecule has 19 heavy (non-hydrogen) atoms. The van der Waals surface area contributed by atoms with Gasteiger partial charge in [0.05, 0.1) is 5.69 Å². The van der Waals surface area contributed by atoms with Crippen molar-refractivity contribution in [2.24, 2.45) is 0 Å². The summed E-state index contributed by atoms with van der Waals surface area (Å²) in [7, 11) is 0. The fraction of sp³-hybridized carbons (Fsp3) is 0.667. The molecule has 1 heterocycles. The van der Waals surface area contributed by atoms with Crippen LogP contribution in [0.5, 0.6) is 5.75 Å². The van der Waals surface area contributed by atoms with Gasteiger partial charge in [-0.15, -0.1) is 0 Å². The molecular formula is C15H26N2O2. The molecule has 1 aromatic heterocycles. The predicted molar refractivity (Wildman–Crippen MR) is 78.7 cm³/mol. The minimum Gasteiger partial charge on any atom is -0.503 e. The second-order valence-electron chi connectivity index (χ2n) is 5.91. The topological polar surface area (TPSA) is 45.5 Å². The Morgan fingerprint density at radius 2 is 1.79 bits per heavy atom. The van der Waals surface area contributed by atoms with Gasteiger partial charge >= 0.3 is 0 Å². The Balaban J connectivity index is 3.46. The van der Waals surface area contributed by atoms with E-state index in [2.05, 4.69) is 44.1 Å². The quantitative estimate of drug-likeness (QED) is 0.910. The molecule has 1 N–H and O–H groups in total. The Morgan fingerprint density at radius 3 is 2.21 bits per heavy atom. The third-order valence-corrected chi connectivity index (χ3v) is 3.41. The molecule has 0 saturated heterocycles. The highest BCUT2D eigenvalue weighted by atomic mass is 16.3. The normalized spacial score (nSPS) is 12.2. The Bertz CT molecular complexity index is 494. The fourth-order valence-electron chi connectivity index (χ4n) is 2.52. The number of aromatic nitrogens is 1. The second-order valence-corrected chi connectivity index (χ2v) is 5.91. The lowest BCUT2D eigenvalue weighted by Crippen LogP contribution is -2.33. The molecule has 0 saturated carbocycles. The molecule has 4 nitrogen and oxygen atoms in total. The molecule has 108 valence electrons. The van der Waals surface area contributed by atoms with E-state index in [0.29, 0.717) is 12.2 Å². The van der Waals surface area contributed by atoms with Crippen molar-refractivity contribution in [3.05, 3.63) is 27.7 Å². The first kappa shape index (κ1) is 15.8. The fourth-order valence-corrected chi connectivity index (χ4v) is 2.52. The summed E-state index contributed by atoms with van der Waals surface area (Å²) in [5.74, 6) is -0.118. The number of nitrogens with zero attached hydrogens (tertiary/aromatic N) is 2. The zero-order valence-electron chi connectivity index (χ0n) is 12.9. The van der Waals surface area contributed by atoms with E-state index >= 15 is 0 Å². The molecule has 0 aliphatic carbocycles. The third-order valence-electron chi connectivity index (χ3n) is 3.41. The van der Waals surface area contributed by atoms with Gasteiger partial charge in [-0.1, -0.05) is 13.8 Å². The lowest BCUT2D eigenvalue weighted by atomic mass is 10.1. The lowest BCUT2D eigenvalue weighted by Gasteiger charge is -2.32. The lowest BCUT2D eigenvalue weighted by molar-refractivity contribution is 0.262. The highest BCUT2D eigenvalue weighted by Gasteiger charge is 2.22. The van der Waals surface area contributed by atoms with Crippen molar-refractivity contribution in [2.45, 2.75) is 53.6 Å². The maximum Gasteiger partial charge on any atom is 0.223 e. The number of hydrogen-bond donors (Lipinski definition) is 1. The molecule has 4 heteroatoms. The first-order valence-corrected chi connectivity index (χ1v) is 6.89. The van der Waals surface area contributed by atoms with Crippen LogP contribution in [-0.2, 0) is 12.1 Å². The van der Waals surface area contributed by atoms with Gasteiger partial charge in [0.2, 0.25) is 5.43 Å².